The van der Waals surface area contributed by atoms with Gasteiger partial charge < -0.3 is 144 Å². The van der Waals surface area contributed by atoms with Gasteiger partial charge in [-0.1, -0.05) is 156 Å². The Bertz CT molecular complexity index is 4370. The number of rotatable bonds is 69. The number of hydrogen-bond donors (Lipinski definition) is 26. The Morgan fingerprint density at radius 3 is 1.11 bits per heavy atom. The minimum atomic E-state index is -2.28. The molecular weight excluding hydrogens is 1880 g/mol. The van der Waals surface area contributed by atoms with E-state index in [1.54, 1.807) is 69.2 Å². The average molecular weight is 2050 g/mol. The van der Waals surface area contributed by atoms with E-state index in [1.165, 1.54) is 61.5 Å². The van der Waals surface area contributed by atoms with E-state index in [2.05, 4.69) is 85.1 Å². The number of carbonyl (C=O) groups excluding carboxylic acids is 20. The molecule has 1 unspecified atom stereocenters. The van der Waals surface area contributed by atoms with Gasteiger partial charge in [0.1, 0.15) is 96.3 Å². The van der Waals surface area contributed by atoms with Crippen LogP contribution in [0.2, 0.25) is 0 Å². The van der Waals surface area contributed by atoms with Crippen molar-refractivity contribution in [2.45, 2.75) is 375 Å². The third-order valence-electron chi connectivity index (χ3n) is 24.4. The summed E-state index contributed by atoms with van der Waals surface area (Å²) in [6, 6.07) is -23.4. The monoisotopic (exact) mass is 2050 g/mol. The number of aliphatic carboxylic acids is 1. The van der Waals surface area contributed by atoms with Crippen molar-refractivity contribution in [3.63, 3.8) is 0 Å². The number of nitrogens with two attached hydrogens (primary N) is 5. The molecule has 0 aromatic heterocycles. The van der Waals surface area contributed by atoms with Crippen molar-refractivity contribution < 1.29 is 126 Å². The highest BCUT2D eigenvalue weighted by atomic mass is 16.4. The number of likely N-dealkylation sites (tertiary alicyclic amines) is 1. The number of Topliss-reactive ketones (excluding diaryl/α,β-unsaturated/α-hetero) is 1. The SMILES string of the molecule is C/C=C(\N)C(=O)N1CCC[C@]1(C(=O)CC(O)CCCCC)C(=O)N[C@H](CO)C(=O)N[C@H](CC(C)C)C(=O)N[C@@H](C(=O)N[C@H](CCC(N)=O)C(=O)N[C@H](CC(C)C)C(=O)N[C@@H](C(=O)N[C@H](C(=O)N[C@H](CCC(N)=O)C(=O)N[C@@H](CC(C)C)C(=O)N[C@@H](C(=O)N/C(=C/C)C(=O)N[C@@H](C(=O)N[C@H](C(=O)N[C@@H](CCO)C(=O)N[C@H](CCN)C(=O)N[C@@H](CCCCN)C(=O)O)[C@@H](C)CC)[C@@H](C)O)C(C)C)C(C)C)C(C)C)C(C)C. The quantitative estimate of drug-likeness (QED) is 0.0157. The van der Waals surface area contributed by atoms with Crippen LogP contribution in [0.4, 0.5) is 0 Å². The fraction of sp³-hybridized carbons (Fsp3) is 0.740. The Morgan fingerprint density at radius 1 is 0.382 bits per heavy atom. The van der Waals surface area contributed by atoms with Gasteiger partial charge in [0.2, 0.25) is 94.5 Å². The summed E-state index contributed by atoms with van der Waals surface area (Å²) in [5.41, 5.74) is 25.4. The number of aliphatic hydroxyl groups excluding tert-OH is 4. The Kier molecular flexibility index (Phi) is 59.2. The highest BCUT2D eigenvalue weighted by Gasteiger charge is 2.56. The van der Waals surface area contributed by atoms with E-state index >= 15 is 0 Å². The van der Waals surface area contributed by atoms with Crippen LogP contribution in [0.25, 0.3) is 0 Å². The Labute approximate surface area is 844 Å². The summed E-state index contributed by atoms with van der Waals surface area (Å²) < 4.78 is 0. The number of carboxylic acids is 1. The Morgan fingerprint density at radius 2 is 0.743 bits per heavy atom. The lowest BCUT2D eigenvalue weighted by atomic mass is 9.85. The molecule has 0 radical (unpaired) electrons. The second kappa shape index (κ2) is 65.5. The molecule has 19 amide bonds. The first-order valence-electron chi connectivity index (χ1n) is 49.9. The van der Waals surface area contributed by atoms with E-state index in [9.17, 15) is 126 Å². The number of carbonyl (C=O) groups is 21. The van der Waals surface area contributed by atoms with E-state index < -0.39 is 319 Å². The maximum atomic E-state index is 14.7. The average Bonchev–Trinajstić information content (AvgIpc) is 1.59. The van der Waals surface area contributed by atoms with Crippen LogP contribution in [-0.4, -0.2) is 296 Å². The van der Waals surface area contributed by atoms with Crippen molar-refractivity contribution in [3.8, 4) is 0 Å². The van der Waals surface area contributed by atoms with Crippen molar-refractivity contribution in [3.05, 3.63) is 23.5 Å². The van der Waals surface area contributed by atoms with Gasteiger partial charge in [0.25, 0.3) is 17.7 Å². The maximum absolute atomic E-state index is 14.7. The lowest BCUT2D eigenvalue weighted by molar-refractivity contribution is -0.153. The zero-order valence-corrected chi connectivity index (χ0v) is 87.4. The molecule has 0 spiro atoms. The molecule has 0 aliphatic carbocycles. The van der Waals surface area contributed by atoms with Crippen molar-refractivity contribution in [1.29, 1.82) is 0 Å². The number of hydrogen-bond acceptors (Lipinski definition) is 28. The van der Waals surface area contributed by atoms with E-state index in [0.29, 0.717) is 19.3 Å². The lowest BCUT2D eigenvalue weighted by Gasteiger charge is -2.37. The van der Waals surface area contributed by atoms with Crippen molar-refractivity contribution in [2.75, 3.05) is 32.8 Å². The van der Waals surface area contributed by atoms with Crippen molar-refractivity contribution in [2.24, 2.45) is 76.0 Å². The molecule has 48 heteroatoms. The molecule has 0 aromatic rings. The molecule has 144 heavy (non-hydrogen) atoms. The van der Waals surface area contributed by atoms with E-state index in [4.69, 9.17) is 28.7 Å². The Hall–Kier alpha value is -11.9. The predicted octanol–water partition coefficient (Wildman–Crippen LogP) is -3.94. The molecule has 0 saturated carbocycles. The molecule has 0 bridgehead atoms. The third kappa shape index (κ3) is 43.6. The second-order valence-electron chi connectivity index (χ2n) is 39.4. The van der Waals surface area contributed by atoms with Crippen LogP contribution < -0.4 is 114 Å². The van der Waals surface area contributed by atoms with Gasteiger partial charge in [0.05, 0.1) is 24.5 Å². The topological polar surface area (TPSA) is 785 Å². The van der Waals surface area contributed by atoms with E-state index in [-0.39, 0.29) is 101 Å². The van der Waals surface area contributed by atoms with Gasteiger partial charge in [0, 0.05) is 32.4 Å². The van der Waals surface area contributed by atoms with Crippen LogP contribution in [0.3, 0.4) is 0 Å². The number of allylic oxidation sites excluding steroid dienone is 2. The van der Waals surface area contributed by atoms with Gasteiger partial charge in [-0.3, -0.25) is 95.9 Å². The number of unbranched alkanes of at least 4 members (excludes halogenated alkanes) is 3. The summed E-state index contributed by atoms with van der Waals surface area (Å²) in [5.74, 6) is -26.1. The second-order valence-corrected chi connectivity index (χ2v) is 39.4. The smallest absolute Gasteiger partial charge is 0.326 e. The van der Waals surface area contributed by atoms with Crippen LogP contribution in [-0.2, 0) is 101 Å². The molecule has 1 fully saturated rings. The third-order valence-corrected chi connectivity index (χ3v) is 24.4. The fourth-order valence-corrected chi connectivity index (χ4v) is 15.7. The van der Waals surface area contributed by atoms with Gasteiger partial charge in [-0.25, -0.2) is 4.79 Å². The van der Waals surface area contributed by atoms with Crippen LogP contribution in [0.1, 0.15) is 267 Å². The molecule has 1 rings (SSSR count). The predicted molar refractivity (Wildman–Crippen MR) is 531 cm³/mol. The molecule has 48 nitrogen and oxygen atoms in total. The zero-order valence-electron chi connectivity index (χ0n) is 87.4. The van der Waals surface area contributed by atoms with Crippen LogP contribution in [0, 0.1) is 47.3 Å². The lowest BCUT2D eigenvalue weighted by Crippen LogP contribution is -2.66. The summed E-state index contributed by atoms with van der Waals surface area (Å²) in [5, 5.41) is 92.7. The van der Waals surface area contributed by atoms with Crippen LogP contribution >= 0.6 is 0 Å². The number of amides is 19. The van der Waals surface area contributed by atoms with Crippen molar-refractivity contribution in [1.82, 2.24) is 90.0 Å². The fourth-order valence-electron chi connectivity index (χ4n) is 15.7. The van der Waals surface area contributed by atoms with Crippen LogP contribution in [0.5, 0.6) is 0 Å². The number of aliphatic hydroxyl groups is 4. The van der Waals surface area contributed by atoms with Gasteiger partial charge in [-0.2, -0.15) is 0 Å². The first kappa shape index (κ1) is 130. The largest absolute Gasteiger partial charge is 0.480 e. The van der Waals surface area contributed by atoms with Gasteiger partial charge in [0.15, 0.2) is 11.3 Å². The highest BCUT2D eigenvalue weighted by Crippen LogP contribution is 2.34. The summed E-state index contributed by atoms with van der Waals surface area (Å²) in [6.45, 7) is 29.9. The summed E-state index contributed by atoms with van der Waals surface area (Å²) >= 11 is 0. The maximum Gasteiger partial charge on any atom is 0.326 e. The standard InChI is InChI=1S/C96H168N22O26/c1-21-25-26-30-57(122)46-69(123)96(38-29-41-118(96)93(141)58(99)23-3)95(144)111-68(47-120)86(134)110-67(45-50(9)10)85(133)113-73(52(13)14)88(136)104-60(32-34-70(100)124)79(127)109-66(44-49(7)8)84(132)114-75(54(17)18)90(138)115-74(53(15)16)89(137)105-61(33-35-71(101)125)80(128)108-65(43-48(5)6)83(131)112-72(51(11)12)87(135)102-59(24-4)78(126)117-77(56(20)121)92(140)116-76(55(19)22-2)91(139)106-63(37-42-119)82(130)103-62(36-40-98)81(129)107-64(94(142)143)31-27-28-39-97/h23-24,48-57,60-68,72-77,119-122H,21-22,25-47,97-99H2,1-20H3,(H2,100,124)(H2,101,125)(H,102,135)(H,103,130)(H,104,136)(H,105,137)(H,106,139)(H,107,129)(H,108,128)(H,109,127)(H,110,134)(H,111,144)(H,112,131)(H,113,133)(H,114,132)(H,115,138)(H,116,140)(H,117,126)(H,142,143)/b58-23-,59-24+/t55-,56+,57?,60+,61+,62+,63-,64-,65-,66+,67+,68+,72+,73+,74-,75+,76-,77+,96-/m0/s1. The summed E-state index contributed by atoms with van der Waals surface area (Å²) in [6.07, 6.45) is -0.608. The van der Waals surface area contributed by atoms with Crippen LogP contribution in [0.15, 0.2) is 23.5 Å². The van der Waals surface area contributed by atoms with Gasteiger partial charge in [-0.05, 0) is 165 Å². The molecule has 31 N–H and O–H groups in total. The number of nitrogens with one attached hydrogen (secondary N) is 16. The van der Waals surface area contributed by atoms with Gasteiger partial charge in [-0.15, -0.1) is 0 Å². The number of primary amides is 2. The minimum absolute atomic E-state index is 0.0230. The Balaban J connectivity index is 3.63. The van der Waals surface area contributed by atoms with Gasteiger partial charge >= 0.3 is 5.97 Å². The van der Waals surface area contributed by atoms with Crippen molar-refractivity contribution >= 4 is 124 Å². The number of ketones is 1. The normalized spacial score (nSPS) is 17.1. The summed E-state index contributed by atoms with van der Waals surface area (Å²) in [7, 11) is 0. The molecule has 1 saturated heterocycles. The molecule has 1 aliphatic rings. The summed E-state index contributed by atoms with van der Waals surface area (Å²) in [4.78, 5) is 296. The molecule has 19 atom stereocenters. The minimum Gasteiger partial charge on any atom is -0.480 e. The van der Waals surface area contributed by atoms with E-state index in [1.807, 2.05) is 6.92 Å². The van der Waals surface area contributed by atoms with E-state index in [0.717, 1.165) is 30.7 Å². The molecule has 1 aliphatic heterocycles. The molecule has 0 aromatic carbocycles. The molecule has 1 heterocycles. The first-order chi connectivity index (χ1) is 67.3. The molecule has 818 valence electrons. The number of nitrogens with zero attached hydrogens (tertiary/aromatic N) is 1. The number of carboxylic acid groups (broad SMARTS) is 1. The highest BCUT2D eigenvalue weighted by molar-refractivity contribution is 6.16. The first-order valence-corrected chi connectivity index (χ1v) is 49.9. The zero-order chi connectivity index (χ0) is 110. The molecular formula is C96H168N22O26.